The first kappa shape index (κ1) is 19.7. The van der Waals surface area contributed by atoms with Crippen LogP contribution in [-0.2, 0) is 17.8 Å². The van der Waals surface area contributed by atoms with Crippen LogP contribution in [0.2, 0.25) is 0 Å². The lowest BCUT2D eigenvalue weighted by Gasteiger charge is -2.17. The van der Waals surface area contributed by atoms with Gasteiger partial charge in [0.15, 0.2) is 0 Å². The lowest BCUT2D eigenvalue weighted by atomic mass is 9.96. The van der Waals surface area contributed by atoms with Crippen LogP contribution in [0.4, 0.5) is 0 Å². The molecule has 136 valence electrons. The number of aryl methyl sites for hydroxylation is 1. The van der Waals surface area contributed by atoms with E-state index < -0.39 is 0 Å². The van der Waals surface area contributed by atoms with Gasteiger partial charge in [-0.25, -0.2) is 4.98 Å². The van der Waals surface area contributed by atoms with Crippen molar-refractivity contribution in [2.75, 3.05) is 6.54 Å². The van der Waals surface area contributed by atoms with Gasteiger partial charge in [0.05, 0.1) is 17.6 Å². The summed E-state index contributed by atoms with van der Waals surface area (Å²) in [6, 6.07) is 8.21. The maximum atomic E-state index is 11.8. The molecular weight excluding hydrogens is 378 g/mol. The molecule has 1 N–H and O–H groups in total. The summed E-state index contributed by atoms with van der Waals surface area (Å²) >= 11 is 3.46. The smallest absolute Gasteiger partial charge is 0.225 e. The maximum Gasteiger partial charge on any atom is 0.225 e. The molecule has 0 fully saturated rings. The SMILES string of the molecule is C=C(Br)Cn1c(CCCCCNC(=O)C(C)(C)C)nc2ccccc21. The van der Waals surface area contributed by atoms with Gasteiger partial charge in [0.25, 0.3) is 0 Å². The number of carbonyl (C=O) groups is 1. The van der Waals surface area contributed by atoms with Gasteiger partial charge in [0.1, 0.15) is 5.82 Å². The number of aromatic nitrogens is 2. The lowest BCUT2D eigenvalue weighted by Crippen LogP contribution is -2.35. The second-order valence-corrected chi connectivity index (χ2v) is 8.56. The van der Waals surface area contributed by atoms with Gasteiger partial charge in [-0.2, -0.15) is 0 Å². The number of allylic oxidation sites excluding steroid dienone is 1. The number of fused-ring (bicyclic) bond motifs is 1. The summed E-state index contributed by atoms with van der Waals surface area (Å²) in [7, 11) is 0. The highest BCUT2D eigenvalue weighted by Crippen LogP contribution is 2.20. The number of nitrogens with one attached hydrogen (secondary N) is 1. The number of hydrogen-bond acceptors (Lipinski definition) is 2. The molecule has 0 spiro atoms. The lowest BCUT2D eigenvalue weighted by molar-refractivity contribution is -0.128. The van der Waals surface area contributed by atoms with Crippen LogP contribution >= 0.6 is 15.9 Å². The van der Waals surface area contributed by atoms with Gasteiger partial charge in [-0.15, -0.1) is 0 Å². The van der Waals surface area contributed by atoms with Crippen molar-refractivity contribution >= 4 is 32.9 Å². The zero-order valence-electron chi connectivity index (χ0n) is 15.4. The Morgan fingerprint density at radius 2 is 1.96 bits per heavy atom. The van der Waals surface area contributed by atoms with Crippen molar-refractivity contribution in [2.45, 2.75) is 53.0 Å². The Morgan fingerprint density at radius 1 is 1.24 bits per heavy atom. The van der Waals surface area contributed by atoms with Gasteiger partial charge in [-0.05, 0) is 25.0 Å². The van der Waals surface area contributed by atoms with E-state index in [9.17, 15) is 4.79 Å². The van der Waals surface area contributed by atoms with Crippen LogP contribution in [0.25, 0.3) is 11.0 Å². The second kappa shape index (κ2) is 8.65. The summed E-state index contributed by atoms with van der Waals surface area (Å²) in [6.07, 6.45) is 4.06. The number of hydrogen-bond donors (Lipinski definition) is 1. The second-order valence-electron chi connectivity index (χ2n) is 7.44. The van der Waals surface area contributed by atoms with Crippen LogP contribution in [0.5, 0.6) is 0 Å². The van der Waals surface area contributed by atoms with Crippen molar-refractivity contribution in [3.05, 3.63) is 41.2 Å². The molecule has 4 nitrogen and oxygen atoms in total. The van der Waals surface area contributed by atoms with E-state index in [4.69, 9.17) is 4.98 Å². The highest BCUT2D eigenvalue weighted by atomic mass is 79.9. The average Bonchev–Trinajstić information content (AvgIpc) is 2.87. The van der Waals surface area contributed by atoms with E-state index in [-0.39, 0.29) is 11.3 Å². The summed E-state index contributed by atoms with van der Waals surface area (Å²) in [6.45, 7) is 11.2. The fourth-order valence-corrected chi connectivity index (χ4v) is 2.97. The topological polar surface area (TPSA) is 46.9 Å². The summed E-state index contributed by atoms with van der Waals surface area (Å²) in [5.74, 6) is 1.21. The number of unbranched alkanes of at least 4 members (excludes halogenated alkanes) is 2. The standard InChI is InChI=1S/C20H28BrN3O/c1-15(21)14-24-17-11-8-7-10-16(17)23-18(24)12-6-5-9-13-22-19(25)20(2,3)4/h7-8,10-11H,1,5-6,9,12-14H2,2-4H3,(H,22,25). The number of carbonyl (C=O) groups excluding carboxylic acids is 1. The van der Waals surface area contributed by atoms with Gasteiger partial charge in [-0.3, -0.25) is 4.79 Å². The largest absolute Gasteiger partial charge is 0.356 e. The van der Waals surface area contributed by atoms with E-state index in [1.807, 2.05) is 39.0 Å². The first-order valence-corrected chi connectivity index (χ1v) is 9.64. The fraction of sp³-hybridized carbons (Fsp3) is 0.500. The van der Waals surface area contributed by atoms with Crippen LogP contribution in [-0.4, -0.2) is 22.0 Å². The van der Waals surface area contributed by atoms with E-state index >= 15 is 0 Å². The van der Waals surface area contributed by atoms with Gasteiger partial charge in [0.2, 0.25) is 5.91 Å². The Hall–Kier alpha value is -1.62. The van der Waals surface area contributed by atoms with Crippen molar-refractivity contribution in [3.63, 3.8) is 0 Å². The molecule has 25 heavy (non-hydrogen) atoms. The van der Waals surface area contributed by atoms with E-state index in [1.165, 1.54) is 0 Å². The molecule has 0 aliphatic carbocycles. The van der Waals surface area contributed by atoms with Crippen LogP contribution in [0.15, 0.2) is 35.3 Å². The minimum atomic E-state index is -0.317. The van der Waals surface area contributed by atoms with Crippen LogP contribution in [0, 0.1) is 5.41 Å². The Bertz CT molecular complexity index is 743. The van der Waals surface area contributed by atoms with Gasteiger partial charge < -0.3 is 9.88 Å². The van der Waals surface area contributed by atoms with Crippen molar-refractivity contribution in [3.8, 4) is 0 Å². The molecule has 0 radical (unpaired) electrons. The fourth-order valence-electron chi connectivity index (χ4n) is 2.72. The predicted molar refractivity (Wildman–Crippen MR) is 108 cm³/mol. The molecule has 0 unspecified atom stereocenters. The highest BCUT2D eigenvalue weighted by Gasteiger charge is 2.20. The molecule has 1 heterocycles. The average molecular weight is 406 g/mol. The summed E-state index contributed by atoms with van der Waals surface area (Å²) in [5.41, 5.74) is 1.86. The third-order valence-electron chi connectivity index (χ3n) is 4.11. The summed E-state index contributed by atoms with van der Waals surface area (Å²) in [5, 5.41) is 3.00. The molecule has 0 atom stereocenters. The van der Waals surface area contributed by atoms with Crippen LogP contribution < -0.4 is 5.32 Å². The quantitative estimate of drug-likeness (QED) is 0.639. The van der Waals surface area contributed by atoms with E-state index in [2.05, 4.69) is 38.5 Å². The molecule has 2 rings (SSSR count). The van der Waals surface area contributed by atoms with Gasteiger partial charge in [0, 0.05) is 22.9 Å². The molecule has 1 aromatic carbocycles. The summed E-state index contributed by atoms with van der Waals surface area (Å²) < 4.78 is 3.18. The number of rotatable bonds is 8. The predicted octanol–water partition coefficient (Wildman–Crippen LogP) is 4.82. The molecule has 0 aliphatic heterocycles. The highest BCUT2D eigenvalue weighted by molar-refractivity contribution is 9.11. The minimum Gasteiger partial charge on any atom is -0.356 e. The zero-order chi connectivity index (χ0) is 18.4. The van der Waals surface area contributed by atoms with Gasteiger partial charge in [-0.1, -0.05) is 61.8 Å². The Morgan fingerprint density at radius 3 is 2.64 bits per heavy atom. The molecule has 1 aromatic heterocycles. The molecule has 0 bridgehead atoms. The molecule has 0 aliphatic rings. The number of amides is 1. The first-order valence-electron chi connectivity index (χ1n) is 8.85. The maximum absolute atomic E-state index is 11.8. The normalized spacial score (nSPS) is 11.7. The third-order valence-corrected chi connectivity index (χ3v) is 4.36. The number of imidazole rings is 1. The zero-order valence-corrected chi connectivity index (χ0v) is 17.0. The van der Waals surface area contributed by atoms with Crippen molar-refractivity contribution in [1.29, 1.82) is 0 Å². The Kier molecular flexibility index (Phi) is 6.82. The van der Waals surface area contributed by atoms with Gasteiger partial charge >= 0.3 is 0 Å². The molecule has 1 amide bonds. The van der Waals surface area contributed by atoms with Crippen LogP contribution in [0.3, 0.4) is 0 Å². The van der Waals surface area contributed by atoms with Crippen molar-refractivity contribution in [1.82, 2.24) is 14.9 Å². The monoisotopic (exact) mass is 405 g/mol. The third kappa shape index (κ3) is 5.70. The van der Waals surface area contributed by atoms with E-state index in [1.54, 1.807) is 0 Å². The van der Waals surface area contributed by atoms with Crippen molar-refractivity contribution in [2.24, 2.45) is 5.41 Å². The minimum absolute atomic E-state index is 0.116. The molecule has 0 saturated heterocycles. The number of halogens is 1. The first-order chi connectivity index (χ1) is 11.8. The van der Waals surface area contributed by atoms with E-state index in [0.717, 1.165) is 60.1 Å². The Labute approximate surface area is 158 Å². The van der Waals surface area contributed by atoms with Crippen LogP contribution in [0.1, 0.15) is 45.9 Å². The summed E-state index contributed by atoms with van der Waals surface area (Å²) in [4.78, 5) is 16.6. The molecule has 5 heteroatoms. The Balaban J connectivity index is 1.86. The van der Waals surface area contributed by atoms with E-state index in [0.29, 0.717) is 0 Å². The molecular formula is C20H28BrN3O. The number of benzene rings is 1. The number of nitrogens with zero attached hydrogens (tertiary/aromatic N) is 2. The molecule has 2 aromatic rings. The molecule has 0 saturated carbocycles. The van der Waals surface area contributed by atoms with Crippen molar-refractivity contribution < 1.29 is 4.79 Å². The number of para-hydroxylation sites is 2.